The Morgan fingerprint density at radius 2 is 2.28 bits per heavy atom. The number of nitrogens with two attached hydrogens (primary N) is 1. The van der Waals surface area contributed by atoms with Crippen LogP contribution in [0.1, 0.15) is 19.3 Å². The first-order valence-corrected chi connectivity index (χ1v) is 6.47. The number of nitrogens with zero attached hydrogens (tertiary/aromatic N) is 1. The van der Waals surface area contributed by atoms with Crippen LogP contribution < -0.4 is 15.2 Å². The van der Waals surface area contributed by atoms with Gasteiger partial charge < -0.3 is 20.1 Å². The standard InChI is InChI=1S/C14H22N2O2/c1-16-8-3-4-11(16)7-9-18-14-10-12(17-2)5-6-13(14)15/h5-6,10-11H,3-4,7-9,15H2,1-2H3. The van der Waals surface area contributed by atoms with E-state index in [1.165, 1.54) is 19.4 Å². The van der Waals surface area contributed by atoms with Crippen LogP contribution in [0.2, 0.25) is 0 Å². The summed E-state index contributed by atoms with van der Waals surface area (Å²) >= 11 is 0. The molecule has 1 aromatic carbocycles. The summed E-state index contributed by atoms with van der Waals surface area (Å²) in [5.41, 5.74) is 6.54. The molecule has 100 valence electrons. The fourth-order valence-corrected chi connectivity index (χ4v) is 2.42. The summed E-state index contributed by atoms with van der Waals surface area (Å²) in [5.74, 6) is 1.49. The van der Waals surface area contributed by atoms with Crippen LogP contribution in [0.5, 0.6) is 11.5 Å². The number of likely N-dealkylation sites (tertiary alicyclic amines) is 1. The first-order chi connectivity index (χ1) is 8.70. The maximum absolute atomic E-state index is 5.87. The molecule has 1 aromatic rings. The van der Waals surface area contributed by atoms with Gasteiger partial charge in [-0.2, -0.15) is 0 Å². The van der Waals surface area contributed by atoms with Gasteiger partial charge in [0.05, 0.1) is 19.4 Å². The zero-order valence-electron chi connectivity index (χ0n) is 11.2. The van der Waals surface area contributed by atoms with Crippen molar-refractivity contribution in [1.29, 1.82) is 0 Å². The highest BCUT2D eigenvalue weighted by molar-refractivity contribution is 5.55. The van der Waals surface area contributed by atoms with E-state index in [4.69, 9.17) is 15.2 Å². The lowest BCUT2D eigenvalue weighted by atomic mass is 10.1. The van der Waals surface area contributed by atoms with Gasteiger partial charge in [0, 0.05) is 12.1 Å². The summed E-state index contributed by atoms with van der Waals surface area (Å²) in [6.07, 6.45) is 3.61. The molecule has 4 heteroatoms. The average molecular weight is 250 g/mol. The van der Waals surface area contributed by atoms with Gasteiger partial charge in [-0.15, -0.1) is 0 Å². The third-order valence-electron chi connectivity index (χ3n) is 3.60. The van der Waals surface area contributed by atoms with Gasteiger partial charge in [-0.3, -0.25) is 0 Å². The number of nitrogen functional groups attached to an aromatic ring is 1. The Morgan fingerprint density at radius 1 is 1.44 bits per heavy atom. The quantitative estimate of drug-likeness (QED) is 0.813. The number of hydrogen-bond acceptors (Lipinski definition) is 4. The second kappa shape index (κ2) is 5.96. The van der Waals surface area contributed by atoms with E-state index in [-0.39, 0.29) is 0 Å². The highest BCUT2D eigenvalue weighted by Crippen LogP contribution is 2.27. The summed E-state index contributed by atoms with van der Waals surface area (Å²) in [7, 11) is 3.82. The van der Waals surface area contributed by atoms with E-state index in [0.29, 0.717) is 18.3 Å². The third kappa shape index (κ3) is 3.07. The van der Waals surface area contributed by atoms with E-state index >= 15 is 0 Å². The van der Waals surface area contributed by atoms with E-state index in [0.717, 1.165) is 17.9 Å². The predicted molar refractivity (Wildman–Crippen MR) is 73.2 cm³/mol. The molecule has 4 nitrogen and oxygen atoms in total. The van der Waals surface area contributed by atoms with Crippen molar-refractivity contribution in [3.8, 4) is 11.5 Å². The summed E-state index contributed by atoms with van der Waals surface area (Å²) in [6.45, 7) is 1.90. The topological polar surface area (TPSA) is 47.7 Å². The van der Waals surface area contributed by atoms with Gasteiger partial charge in [-0.05, 0) is 45.0 Å². The van der Waals surface area contributed by atoms with Gasteiger partial charge in [-0.25, -0.2) is 0 Å². The molecule has 2 N–H and O–H groups in total. The Bertz CT molecular complexity index is 395. The minimum absolute atomic E-state index is 0.650. The summed E-state index contributed by atoms with van der Waals surface area (Å²) < 4.78 is 10.9. The second-order valence-electron chi connectivity index (χ2n) is 4.82. The second-order valence-corrected chi connectivity index (χ2v) is 4.82. The number of hydrogen-bond donors (Lipinski definition) is 1. The molecular formula is C14H22N2O2. The molecule has 0 aliphatic carbocycles. The summed E-state index contributed by atoms with van der Waals surface area (Å²) in [5, 5.41) is 0. The van der Waals surface area contributed by atoms with E-state index in [2.05, 4.69) is 11.9 Å². The molecule has 0 aromatic heterocycles. The molecule has 0 radical (unpaired) electrons. The van der Waals surface area contributed by atoms with Crippen molar-refractivity contribution in [2.45, 2.75) is 25.3 Å². The van der Waals surface area contributed by atoms with Gasteiger partial charge in [0.2, 0.25) is 0 Å². The fourth-order valence-electron chi connectivity index (χ4n) is 2.42. The van der Waals surface area contributed by atoms with Crippen LogP contribution >= 0.6 is 0 Å². The van der Waals surface area contributed by atoms with Crippen molar-refractivity contribution in [2.24, 2.45) is 0 Å². The Balaban J connectivity index is 1.86. The molecular weight excluding hydrogens is 228 g/mol. The largest absolute Gasteiger partial charge is 0.497 e. The fraction of sp³-hybridized carbons (Fsp3) is 0.571. The number of methoxy groups -OCH3 is 1. The van der Waals surface area contributed by atoms with Crippen molar-refractivity contribution in [3.05, 3.63) is 18.2 Å². The van der Waals surface area contributed by atoms with Crippen LogP contribution in [0.4, 0.5) is 5.69 Å². The van der Waals surface area contributed by atoms with Crippen molar-refractivity contribution < 1.29 is 9.47 Å². The first kappa shape index (κ1) is 13.0. The molecule has 0 spiro atoms. The maximum Gasteiger partial charge on any atom is 0.145 e. The van der Waals surface area contributed by atoms with Crippen molar-refractivity contribution in [3.63, 3.8) is 0 Å². The number of rotatable bonds is 5. The minimum Gasteiger partial charge on any atom is -0.497 e. The van der Waals surface area contributed by atoms with Crippen molar-refractivity contribution >= 4 is 5.69 Å². The van der Waals surface area contributed by atoms with Gasteiger partial charge in [-0.1, -0.05) is 0 Å². The van der Waals surface area contributed by atoms with Crippen LogP contribution in [0, 0.1) is 0 Å². The lowest BCUT2D eigenvalue weighted by Crippen LogP contribution is -2.26. The molecule has 0 amide bonds. The molecule has 1 aliphatic rings. The van der Waals surface area contributed by atoms with Crippen molar-refractivity contribution in [1.82, 2.24) is 4.90 Å². The Labute approximate surface area is 109 Å². The molecule has 1 aliphatic heterocycles. The third-order valence-corrected chi connectivity index (χ3v) is 3.60. The molecule has 1 atom stereocenters. The zero-order chi connectivity index (χ0) is 13.0. The van der Waals surface area contributed by atoms with Gasteiger partial charge >= 0.3 is 0 Å². The van der Waals surface area contributed by atoms with E-state index in [1.54, 1.807) is 7.11 Å². The molecule has 2 rings (SSSR count). The van der Waals surface area contributed by atoms with Crippen LogP contribution in [-0.2, 0) is 0 Å². The molecule has 18 heavy (non-hydrogen) atoms. The Morgan fingerprint density at radius 3 is 2.94 bits per heavy atom. The molecule has 1 unspecified atom stereocenters. The van der Waals surface area contributed by atoms with E-state index in [9.17, 15) is 0 Å². The Kier molecular flexibility index (Phi) is 4.31. The van der Waals surface area contributed by atoms with E-state index in [1.807, 2.05) is 18.2 Å². The average Bonchev–Trinajstić information content (AvgIpc) is 2.77. The number of anilines is 1. The smallest absolute Gasteiger partial charge is 0.145 e. The molecule has 0 saturated carbocycles. The van der Waals surface area contributed by atoms with Gasteiger partial charge in [0.15, 0.2) is 0 Å². The zero-order valence-corrected chi connectivity index (χ0v) is 11.2. The highest BCUT2D eigenvalue weighted by Gasteiger charge is 2.20. The van der Waals surface area contributed by atoms with Gasteiger partial charge in [0.1, 0.15) is 11.5 Å². The van der Waals surface area contributed by atoms with Crippen LogP contribution in [0.3, 0.4) is 0 Å². The normalized spacial score (nSPS) is 20.0. The number of ether oxygens (including phenoxy) is 2. The van der Waals surface area contributed by atoms with E-state index < -0.39 is 0 Å². The van der Waals surface area contributed by atoms with Crippen LogP contribution in [0.15, 0.2) is 18.2 Å². The van der Waals surface area contributed by atoms with Crippen molar-refractivity contribution in [2.75, 3.05) is 33.0 Å². The Hall–Kier alpha value is -1.42. The highest BCUT2D eigenvalue weighted by atomic mass is 16.5. The summed E-state index contributed by atoms with van der Waals surface area (Å²) in [6, 6.07) is 6.15. The SMILES string of the molecule is COc1ccc(N)c(OCCC2CCCN2C)c1. The van der Waals surface area contributed by atoms with Crippen LogP contribution in [-0.4, -0.2) is 38.3 Å². The summed E-state index contributed by atoms with van der Waals surface area (Å²) in [4.78, 5) is 2.40. The van der Waals surface area contributed by atoms with Crippen LogP contribution in [0.25, 0.3) is 0 Å². The molecule has 1 saturated heterocycles. The maximum atomic E-state index is 5.87. The number of benzene rings is 1. The monoisotopic (exact) mass is 250 g/mol. The van der Waals surface area contributed by atoms with Gasteiger partial charge in [0.25, 0.3) is 0 Å². The minimum atomic E-state index is 0.650. The molecule has 0 bridgehead atoms. The molecule has 1 heterocycles. The lowest BCUT2D eigenvalue weighted by molar-refractivity contribution is 0.233. The molecule has 1 fully saturated rings. The lowest BCUT2D eigenvalue weighted by Gasteiger charge is -2.19. The predicted octanol–water partition coefficient (Wildman–Crippen LogP) is 2.14. The first-order valence-electron chi connectivity index (χ1n) is 6.47.